The van der Waals surface area contributed by atoms with Crippen LogP contribution in [0.3, 0.4) is 0 Å². The molecule has 2 unspecified atom stereocenters. The van der Waals surface area contributed by atoms with Crippen molar-refractivity contribution in [1.29, 1.82) is 0 Å². The number of nitrogens with zero attached hydrogens (tertiary/aromatic N) is 1. The van der Waals surface area contributed by atoms with Gasteiger partial charge in [-0.2, -0.15) is 0 Å². The van der Waals surface area contributed by atoms with Crippen LogP contribution in [0.15, 0.2) is 24.3 Å². The Morgan fingerprint density at radius 1 is 1.03 bits per heavy atom. The lowest BCUT2D eigenvalue weighted by molar-refractivity contribution is -0.142. The summed E-state index contributed by atoms with van der Waals surface area (Å²) < 4.78 is 5.43. The van der Waals surface area contributed by atoms with Crippen molar-refractivity contribution in [3.8, 4) is 0 Å². The number of carbonyl (C=O) groups excluding carboxylic acids is 3. The topological polar surface area (TPSA) is 87.7 Å². The third-order valence-corrected chi connectivity index (χ3v) is 5.57. The van der Waals surface area contributed by atoms with Crippen LogP contribution in [-0.4, -0.2) is 47.5 Å². The normalized spacial score (nSPS) is 13.2. The van der Waals surface area contributed by atoms with Crippen molar-refractivity contribution in [2.75, 3.05) is 13.1 Å². The van der Waals surface area contributed by atoms with E-state index in [0.717, 1.165) is 30.4 Å². The lowest BCUT2D eigenvalue weighted by Crippen LogP contribution is -2.53. The molecular weight excluding hydrogens is 442 g/mol. The molecule has 0 aliphatic rings. The summed E-state index contributed by atoms with van der Waals surface area (Å²) in [5, 5.41) is 5.82. The molecule has 0 saturated carbocycles. The highest BCUT2D eigenvalue weighted by Gasteiger charge is 2.36. The van der Waals surface area contributed by atoms with Crippen LogP contribution in [0.25, 0.3) is 0 Å². The van der Waals surface area contributed by atoms with E-state index in [1.807, 2.05) is 52.0 Å². The fourth-order valence-corrected chi connectivity index (χ4v) is 3.98. The van der Waals surface area contributed by atoms with Crippen LogP contribution >= 0.6 is 0 Å². The van der Waals surface area contributed by atoms with Gasteiger partial charge in [0.05, 0.1) is 0 Å². The lowest BCUT2D eigenvalue weighted by atomic mass is 9.96. The van der Waals surface area contributed by atoms with Gasteiger partial charge < -0.3 is 20.3 Å². The van der Waals surface area contributed by atoms with E-state index in [0.29, 0.717) is 25.9 Å². The molecule has 0 radical (unpaired) electrons. The van der Waals surface area contributed by atoms with Crippen molar-refractivity contribution < 1.29 is 19.1 Å². The number of benzene rings is 1. The second-order valence-electron chi connectivity index (χ2n) is 10.6. The van der Waals surface area contributed by atoms with Gasteiger partial charge in [-0.15, -0.1) is 0 Å². The number of hydrogen-bond donors (Lipinski definition) is 2. The highest BCUT2D eigenvalue weighted by molar-refractivity contribution is 5.92. The Bertz CT molecular complexity index is 817. The Balaban J connectivity index is 3.36. The third kappa shape index (κ3) is 10.7. The number of aryl methyl sites for hydroxylation is 1. The summed E-state index contributed by atoms with van der Waals surface area (Å²) in [6.45, 7) is 16.4. The van der Waals surface area contributed by atoms with E-state index in [2.05, 4.69) is 17.6 Å². The molecule has 35 heavy (non-hydrogen) atoms. The molecule has 0 aliphatic heterocycles. The molecule has 198 valence electrons. The minimum atomic E-state index is -0.796. The van der Waals surface area contributed by atoms with Crippen LogP contribution in [0.5, 0.6) is 0 Å². The molecule has 0 fully saturated rings. The first-order valence-electron chi connectivity index (χ1n) is 13.0. The summed E-state index contributed by atoms with van der Waals surface area (Å²) in [6.07, 6.45) is 3.47. The molecule has 1 aromatic rings. The maximum atomic E-state index is 14.0. The van der Waals surface area contributed by atoms with Gasteiger partial charge in [0.25, 0.3) is 0 Å². The van der Waals surface area contributed by atoms with Crippen LogP contribution in [0, 0.1) is 12.8 Å². The Morgan fingerprint density at radius 2 is 1.69 bits per heavy atom. The van der Waals surface area contributed by atoms with Gasteiger partial charge in [0.15, 0.2) is 0 Å². The van der Waals surface area contributed by atoms with E-state index in [1.54, 1.807) is 25.7 Å². The molecule has 2 atom stereocenters. The van der Waals surface area contributed by atoms with Crippen molar-refractivity contribution in [1.82, 2.24) is 15.5 Å². The van der Waals surface area contributed by atoms with E-state index in [1.165, 1.54) is 0 Å². The first-order chi connectivity index (χ1) is 16.4. The summed E-state index contributed by atoms with van der Waals surface area (Å²) >= 11 is 0. The SMILES string of the molecule is CCCCCNC(=O)C(c1ccccc1C)N(CCC)C(=O)C(CC(C)C)NC(=O)OC(C)(C)C. The first kappa shape index (κ1) is 30.5. The number of hydrogen-bond acceptors (Lipinski definition) is 4. The molecule has 0 aliphatic carbocycles. The maximum absolute atomic E-state index is 14.0. The minimum absolute atomic E-state index is 0.155. The number of amides is 3. The highest BCUT2D eigenvalue weighted by Crippen LogP contribution is 2.26. The molecule has 3 amide bonds. The van der Waals surface area contributed by atoms with Crippen molar-refractivity contribution >= 4 is 17.9 Å². The largest absolute Gasteiger partial charge is 0.444 e. The number of rotatable bonds is 13. The van der Waals surface area contributed by atoms with Gasteiger partial charge in [0, 0.05) is 13.1 Å². The molecule has 7 heteroatoms. The van der Waals surface area contributed by atoms with E-state index in [9.17, 15) is 14.4 Å². The van der Waals surface area contributed by atoms with Gasteiger partial charge in [0.1, 0.15) is 17.7 Å². The number of carbonyl (C=O) groups is 3. The molecule has 0 bridgehead atoms. The van der Waals surface area contributed by atoms with Crippen LogP contribution in [0.1, 0.15) is 97.7 Å². The Labute approximate surface area is 212 Å². The number of unbranched alkanes of at least 4 members (excludes halogenated alkanes) is 2. The fraction of sp³-hybridized carbons (Fsp3) is 0.679. The zero-order valence-corrected chi connectivity index (χ0v) is 23.1. The van der Waals surface area contributed by atoms with Crippen molar-refractivity contribution in [3.63, 3.8) is 0 Å². The number of ether oxygens (including phenoxy) is 1. The predicted octanol–water partition coefficient (Wildman–Crippen LogP) is 5.52. The third-order valence-electron chi connectivity index (χ3n) is 5.57. The van der Waals surface area contributed by atoms with E-state index in [-0.39, 0.29) is 17.7 Å². The number of nitrogens with one attached hydrogen (secondary N) is 2. The zero-order valence-electron chi connectivity index (χ0n) is 23.1. The van der Waals surface area contributed by atoms with E-state index < -0.39 is 23.8 Å². The average Bonchev–Trinajstić information content (AvgIpc) is 2.75. The van der Waals surface area contributed by atoms with Gasteiger partial charge in [-0.1, -0.05) is 64.8 Å². The van der Waals surface area contributed by atoms with E-state index in [4.69, 9.17) is 4.74 Å². The van der Waals surface area contributed by atoms with Crippen LogP contribution in [-0.2, 0) is 14.3 Å². The zero-order chi connectivity index (χ0) is 26.6. The lowest BCUT2D eigenvalue weighted by Gasteiger charge is -2.35. The maximum Gasteiger partial charge on any atom is 0.408 e. The van der Waals surface area contributed by atoms with Crippen molar-refractivity contribution in [3.05, 3.63) is 35.4 Å². The molecule has 0 aromatic heterocycles. The number of alkyl carbamates (subject to hydrolysis) is 1. The predicted molar refractivity (Wildman–Crippen MR) is 141 cm³/mol. The smallest absolute Gasteiger partial charge is 0.408 e. The van der Waals surface area contributed by atoms with Crippen molar-refractivity contribution in [2.24, 2.45) is 5.92 Å². The molecule has 0 saturated heterocycles. The second kappa shape index (κ2) is 14.7. The van der Waals surface area contributed by atoms with E-state index >= 15 is 0 Å². The van der Waals surface area contributed by atoms with Crippen LogP contribution in [0.4, 0.5) is 4.79 Å². The summed E-state index contributed by atoms with van der Waals surface area (Å²) in [5.74, 6) is -0.316. The standard InChI is InChI=1S/C28H47N3O4/c1-9-11-14-17-29-25(32)24(22-16-13-12-15-21(22)5)31(18-10-2)26(33)23(19-20(3)4)30-27(34)35-28(6,7)8/h12-13,15-16,20,23-24H,9-11,14,17-19H2,1-8H3,(H,29,32)(H,30,34). The highest BCUT2D eigenvalue weighted by atomic mass is 16.6. The van der Waals surface area contributed by atoms with Crippen LogP contribution in [0.2, 0.25) is 0 Å². The molecule has 0 heterocycles. The average molecular weight is 490 g/mol. The van der Waals surface area contributed by atoms with Crippen LogP contribution < -0.4 is 10.6 Å². The fourth-order valence-electron chi connectivity index (χ4n) is 3.98. The quantitative estimate of drug-likeness (QED) is 0.357. The minimum Gasteiger partial charge on any atom is -0.444 e. The molecule has 1 rings (SSSR count). The molecule has 7 nitrogen and oxygen atoms in total. The molecule has 2 N–H and O–H groups in total. The van der Waals surface area contributed by atoms with Gasteiger partial charge in [0.2, 0.25) is 11.8 Å². The summed E-state index contributed by atoms with van der Waals surface area (Å²) in [7, 11) is 0. The molecular formula is C28H47N3O4. The first-order valence-corrected chi connectivity index (χ1v) is 13.0. The molecule has 0 spiro atoms. The van der Waals surface area contributed by atoms with Gasteiger partial charge in [-0.25, -0.2) is 4.79 Å². The molecule has 1 aromatic carbocycles. The van der Waals surface area contributed by atoms with Gasteiger partial charge in [-0.05, 0) is 64.0 Å². The Morgan fingerprint density at radius 3 is 2.23 bits per heavy atom. The monoisotopic (exact) mass is 489 g/mol. The second-order valence-corrected chi connectivity index (χ2v) is 10.6. The van der Waals surface area contributed by atoms with Gasteiger partial charge in [-0.3, -0.25) is 9.59 Å². The summed E-state index contributed by atoms with van der Waals surface area (Å²) in [4.78, 5) is 41.7. The summed E-state index contributed by atoms with van der Waals surface area (Å²) in [6, 6.07) is 6.09. The van der Waals surface area contributed by atoms with Crippen molar-refractivity contribution in [2.45, 2.75) is 105 Å². The Kier molecular flexibility index (Phi) is 12.8. The van der Waals surface area contributed by atoms with Gasteiger partial charge >= 0.3 is 6.09 Å². The summed E-state index contributed by atoms with van der Waals surface area (Å²) in [5.41, 5.74) is 1.05. The Hall–Kier alpha value is -2.57.